The molecule has 6 heteroatoms. The maximum absolute atomic E-state index is 11.1. The van der Waals surface area contributed by atoms with Crippen LogP contribution in [0.2, 0.25) is 0 Å². The summed E-state index contributed by atoms with van der Waals surface area (Å²) >= 11 is 1.64. The molecule has 5 nitrogen and oxygen atoms in total. The Bertz CT molecular complexity index is 569. The van der Waals surface area contributed by atoms with E-state index in [2.05, 4.69) is 21.7 Å². The van der Waals surface area contributed by atoms with Gasteiger partial charge in [0.15, 0.2) is 0 Å². The number of carbonyl (C=O) groups is 1. The van der Waals surface area contributed by atoms with Crippen molar-refractivity contribution in [3.63, 3.8) is 0 Å². The molecule has 0 aliphatic rings. The van der Waals surface area contributed by atoms with E-state index in [0.717, 1.165) is 6.42 Å². The lowest BCUT2D eigenvalue weighted by Crippen LogP contribution is -2.20. The predicted molar refractivity (Wildman–Crippen MR) is 76.7 cm³/mol. The maximum Gasteiger partial charge on any atom is 0.339 e. The Morgan fingerprint density at radius 2 is 2.42 bits per heavy atom. The highest BCUT2D eigenvalue weighted by molar-refractivity contribution is 7.07. The molecule has 1 atom stereocenters. The fraction of sp³-hybridized carbons (Fsp3) is 0.231. The maximum atomic E-state index is 11.1. The molecule has 1 unspecified atom stereocenters. The number of carboxylic acid groups (broad SMARTS) is 1. The quantitative estimate of drug-likeness (QED) is 0.781. The molecule has 0 saturated carbocycles. The topological polar surface area (TPSA) is 88.2 Å². The van der Waals surface area contributed by atoms with Crippen molar-refractivity contribution < 1.29 is 9.90 Å². The Morgan fingerprint density at radius 3 is 3.05 bits per heavy atom. The minimum atomic E-state index is -1.04. The van der Waals surface area contributed by atoms with E-state index in [4.69, 9.17) is 10.8 Å². The van der Waals surface area contributed by atoms with E-state index in [1.807, 2.05) is 12.3 Å². The normalized spacial score (nSPS) is 12.1. The van der Waals surface area contributed by atoms with Gasteiger partial charge in [-0.25, -0.2) is 9.78 Å². The van der Waals surface area contributed by atoms with Crippen molar-refractivity contribution in [3.8, 4) is 0 Å². The van der Waals surface area contributed by atoms with Crippen LogP contribution in [0.3, 0.4) is 0 Å². The first-order valence-corrected chi connectivity index (χ1v) is 6.77. The van der Waals surface area contributed by atoms with Gasteiger partial charge in [-0.2, -0.15) is 11.3 Å². The van der Waals surface area contributed by atoms with Gasteiger partial charge >= 0.3 is 5.97 Å². The highest BCUT2D eigenvalue weighted by atomic mass is 32.1. The summed E-state index contributed by atoms with van der Waals surface area (Å²) in [6, 6.07) is 3.55. The number of thiophene rings is 1. The van der Waals surface area contributed by atoms with Gasteiger partial charge in [-0.15, -0.1) is 0 Å². The number of nitrogens with two attached hydrogens (primary N) is 1. The third-order valence-corrected chi connectivity index (χ3v) is 3.38. The van der Waals surface area contributed by atoms with Gasteiger partial charge in [0.05, 0.1) is 11.9 Å². The van der Waals surface area contributed by atoms with Gasteiger partial charge in [-0.05, 0) is 41.8 Å². The Morgan fingerprint density at radius 1 is 1.63 bits per heavy atom. The van der Waals surface area contributed by atoms with E-state index in [9.17, 15) is 4.79 Å². The molecule has 0 bridgehead atoms. The van der Waals surface area contributed by atoms with Crippen molar-refractivity contribution in [2.75, 3.05) is 11.1 Å². The molecular formula is C13H15N3O2S. The number of aromatic nitrogens is 1. The number of hydrogen-bond acceptors (Lipinski definition) is 5. The van der Waals surface area contributed by atoms with E-state index in [1.165, 1.54) is 17.8 Å². The van der Waals surface area contributed by atoms with Gasteiger partial charge < -0.3 is 16.2 Å². The zero-order valence-corrected chi connectivity index (χ0v) is 11.3. The number of carboxylic acids is 1. The first-order valence-electron chi connectivity index (χ1n) is 5.82. The number of rotatable bonds is 5. The number of nitrogen functional groups attached to an aromatic ring is 1. The monoisotopic (exact) mass is 277 g/mol. The molecule has 0 aliphatic carbocycles. The van der Waals surface area contributed by atoms with Gasteiger partial charge in [0.25, 0.3) is 0 Å². The first kappa shape index (κ1) is 13.4. The summed E-state index contributed by atoms with van der Waals surface area (Å²) in [7, 11) is 0. The molecule has 0 amide bonds. The number of nitrogens with zero attached hydrogens (tertiary/aromatic N) is 1. The third kappa shape index (κ3) is 3.45. The van der Waals surface area contributed by atoms with Crippen molar-refractivity contribution in [1.29, 1.82) is 0 Å². The average molecular weight is 277 g/mol. The van der Waals surface area contributed by atoms with Crippen molar-refractivity contribution >= 4 is 28.8 Å². The summed E-state index contributed by atoms with van der Waals surface area (Å²) in [4.78, 5) is 15.2. The third-order valence-electron chi connectivity index (χ3n) is 2.64. The van der Waals surface area contributed by atoms with E-state index in [0.29, 0.717) is 11.5 Å². The number of aromatic carboxylic acids is 1. The van der Waals surface area contributed by atoms with Crippen LogP contribution in [-0.4, -0.2) is 22.1 Å². The van der Waals surface area contributed by atoms with Crippen LogP contribution in [0.4, 0.5) is 11.5 Å². The van der Waals surface area contributed by atoms with Crippen LogP contribution < -0.4 is 11.1 Å². The van der Waals surface area contributed by atoms with Crippen LogP contribution in [0.15, 0.2) is 29.1 Å². The summed E-state index contributed by atoms with van der Waals surface area (Å²) in [5, 5.41) is 16.3. The van der Waals surface area contributed by atoms with Crippen LogP contribution >= 0.6 is 11.3 Å². The molecule has 0 spiro atoms. The zero-order chi connectivity index (χ0) is 13.8. The minimum Gasteiger partial charge on any atom is -0.478 e. The summed E-state index contributed by atoms with van der Waals surface area (Å²) in [5.41, 5.74) is 7.21. The van der Waals surface area contributed by atoms with Crippen molar-refractivity contribution in [3.05, 3.63) is 40.2 Å². The van der Waals surface area contributed by atoms with E-state index < -0.39 is 5.97 Å². The largest absolute Gasteiger partial charge is 0.478 e. The number of anilines is 2. The highest BCUT2D eigenvalue weighted by Crippen LogP contribution is 2.18. The second-order valence-electron chi connectivity index (χ2n) is 4.35. The molecule has 2 aromatic rings. The molecule has 0 saturated heterocycles. The first-order chi connectivity index (χ1) is 9.06. The zero-order valence-electron chi connectivity index (χ0n) is 10.5. The van der Waals surface area contributed by atoms with Gasteiger partial charge in [-0.1, -0.05) is 0 Å². The predicted octanol–water partition coefficient (Wildman–Crippen LogP) is 2.47. The molecule has 100 valence electrons. The summed E-state index contributed by atoms with van der Waals surface area (Å²) < 4.78 is 0. The molecule has 0 aliphatic heterocycles. The van der Waals surface area contributed by atoms with Crippen LogP contribution in [-0.2, 0) is 6.42 Å². The van der Waals surface area contributed by atoms with Crippen LogP contribution in [0, 0.1) is 0 Å². The molecule has 0 radical (unpaired) electrons. The van der Waals surface area contributed by atoms with Crippen LogP contribution in [0.1, 0.15) is 22.8 Å². The van der Waals surface area contributed by atoms with Gasteiger partial charge in [0, 0.05) is 6.04 Å². The van der Waals surface area contributed by atoms with Gasteiger partial charge in [0.1, 0.15) is 11.4 Å². The summed E-state index contributed by atoms with van der Waals surface area (Å²) in [6.07, 6.45) is 2.26. The Labute approximate surface area is 115 Å². The van der Waals surface area contributed by atoms with Crippen LogP contribution in [0.25, 0.3) is 0 Å². The molecule has 0 fully saturated rings. The standard InChI is InChI=1S/C13H15N3O2S/c1-8(4-9-2-3-19-7-9)16-12-11(13(17)18)5-10(14)6-15-12/h2-3,5-8H,4,14H2,1H3,(H,15,16)(H,17,18). The van der Waals surface area contributed by atoms with E-state index >= 15 is 0 Å². The highest BCUT2D eigenvalue weighted by Gasteiger charge is 2.14. The fourth-order valence-corrected chi connectivity index (χ4v) is 2.49. The van der Waals surface area contributed by atoms with Crippen LogP contribution in [0.5, 0.6) is 0 Å². The van der Waals surface area contributed by atoms with Crippen molar-refractivity contribution in [2.24, 2.45) is 0 Å². The summed E-state index contributed by atoms with van der Waals surface area (Å²) in [6.45, 7) is 1.99. The lowest BCUT2D eigenvalue weighted by atomic mass is 10.1. The number of nitrogens with one attached hydrogen (secondary N) is 1. The van der Waals surface area contributed by atoms with Crippen molar-refractivity contribution in [1.82, 2.24) is 4.98 Å². The van der Waals surface area contributed by atoms with Gasteiger partial charge in [0.2, 0.25) is 0 Å². The molecule has 2 heterocycles. The molecule has 2 aromatic heterocycles. The summed E-state index contributed by atoms with van der Waals surface area (Å²) in [5.74, 6) is -0.686. The SMILES string of the molecule is CC(Cc1ccsc1)Nc1ncc(N)cc1C(=O)O. The lowest BCUT2D eigenvalue weighted by Gasteiger charge is -2.15. The van der Waals surface area contributed by atoms with Gasteiger partial charge in [-0.3, -0.25) is 0 Å². The smallest absolute Gasteiger partial charge is 0.339 e. The lowest BCUT2D eigenvalue weighted by molar-refractivity contribution is 0.0697. The molecular weight excluding hydrogens is 262 g/mol. The number of pyridine rings is 1. The van der Waals surface area contributed by atoms with E-state index in [-0.39, 0.29) is 11.6 Å². The minimum absolute atomic E-state index is 0.0869. The molecule has 2 rings (SSSR count). The molecule has 4 N–H and O–H groups in total. The molecule has 0 aromatic carbocycles. The average Bonchev–Trinajstić information content (AvgIpc) is 2.83. The number of hydrogen-bond donors (Lipinski definition) is 3. The second kappa shape index (κ2) is 5.71. The van der Waals surface area contributed by atoms with E-state index in [1.54, 1.807) is 11.3 Å². The Kier molecular flexibility index (Phi) is 4.01. The fourth-order valence-electron chi connectivity index (χ4n) is 1.81. The Balaban J connectivity index is 2.12. The Hall–Kier alpha value is -2.08. The molecule has 19 heavy (non-hydrogen) atoms. The van der Waals surface area contributed by atoms with Crippen molar-refractivity contribution in [2.45, 2.75) is 19.4 Å². The second-order valence-corrected chi connectivity index (χ2v) is 5.13.